The Labute approximate surface area is 149 Å². The summed E-state index contributed by atoms with van der Waals surface area (Å²) in [7, 11) is 0. The zero-order valence-corrected chi connectivity index (χ0v) is 15.2. The first kappa shape index (κ1) is 17.9. The number of ether oxygens (including phenoxy) is 1. The summed E-state index contributed by atoms with van der Waals surface area (Å²) in [6.07, 6.45) is 5.72. The maximum atomic E-state index is 13.0. The molecule has 0 spiro atoms. The van der Waals surface area contributed by atoms with Crippen molar-refractivity contribution in [3.8, 4) is 5.75 Å². The third-order valence-electron chi connectivity index (χ3n) is 5.23. The summed E-state index contributed by atoms with van der Waals surface area (Å²) in [4.78, 5) is 29.1. The minimum atomic E-state index is -0.297. The lowest BCUT2D eigenvalue weighted by Crippen LogP contribution is -2.49. The van der Waals surface area contributed by atoms with Gasteiger partial charge < -0.3 is 4.74 Å². The molecule has 2 saturated heterocycles. The predicted molar refractivity (Wildman–Crippen MR) is 97.8 cm³/mol. The molecule has 2 aliphatic rings. The molecule has 0 bridgehead atoms. The molecular weight excluding hydrogens is 316 g/mol. The van der Waals surface area contributed by atoms with E-state index in [2.05, 4.69) is 18.7 Å². The first-order valence-electron chi connectivity index (χ1n) is 9.51. The van der Waals surface area contributed by atoms with Gasteiger partial charge in [-0.25, -0.2) is 4.90 Å². The molecule has 136 valence electrons. The zero-order valence-electron chi connectivity index (χ0n) is 15.2. The highest BCUT2D eigenvalue weighted by molar-refractivity contribution is 6.22. The van der Waals surface area contributed by atoms with Crippen LogP contribution in [0.5, 0.6) is 5.75 Å². The molecule has 5 heteroatoms. The van der Waals surface area contributed by atoms with Crippen LogP contribution >= 0.6 is 0 Å². The van der Waals surface area contributed by atoms with Gasteiger partial charge in [-0.1, -0.05) is 20.3 Å². The van der Waals surface area contributed by atoms with Gasteiger partial charge in [0.1, 0.15) is 5.75 Å². The van der Waals surface area contributed by atoms with E-state index < -0.39 is 0 Å². The maximum absolute atomic E-state index is 13.0. The minimum Gasteiger partial charge on any atom is -0.494 e. The average molecular weight is 344 g/mol. The number of anilines is 1. The Morgan fingerprint density at radius 1 is 1.12 bits per heavy atom. The van der Waals surface area contributed by atoms with E-state index in [4.69, 9.17) is 4.74 Å². The van der Waals surface area contributed by atoms with Gasteiger partial charge in [0, 0.05) is 6.04 Å². The van der Waals surface area contributed by atoms with E-state index in [-0.39, 0.29) is 17.9 Å². The Morgan fingerprint density at radius 3 is 2.56 bits per heavy atom. The lowest BCUT2D eigenvalue weighted by molar-refractivity contribution is -0.123. The van der Waals surface area contributed by atoms with E-state index in [1.807, 2.05) is 12.1 Å². The Bertz CT molecular complexity index is 614. The minimum absolute atomic E-state index is 0.0763. The number of benzene rings is 1. The normalized spacial score (nSPS) is 24.8. The molecule has 2 amide bonds. The van der Waals surface area contributed by atoms with Crippen molar-refractivity contribution in [2.45, 2.75) is 64.5 Å². The van der Waals surface area contributed by atoms with Gasteiger partial charge in [0.2, 0.25) is 5.91 Å². The average Bonchev–Trinajstić information content (AvgIpc) is 2.94. The van der Waals surface area contributed by atoms with Gasteiger partial charge in [0.25, 0.3) is 5.91 Å². The molecule has 0 radical (unpaired) electrons. The number of rotatable bonds is 6. The molecule has 0 aliphatic carbocycles. The Hall–Kier alpha value is -1.88. The largest absolute Gasteiger partial charge is 0.494 e. The summed E-state index contributed by atoms with van der Waals surface area (Å²) in [6, 6.07) is 7.38. The van der Waals surface area contributed by atoms with Gasteiger partial charge in [-0.2, -0.15) is 0 Å². The van der Waals surface area contributed by atoms with E-state index >= 15 is 0 Å². The molecule has 3 rings (SSSR count). The molecule has 1 aromatic rings. The molecule has 2 fully saturated rings. The number of likely N-dealkylation sites (tertiary alicyclic amines) is 1. The van der Waals surface area contributed by atoms with Gasteiger partial charge in [-0.05, 0) is 56.5 Å². The molecule has 25 heavy (non-hydrogen) atoms. The smallest absolute Gasteiger partial charge is 0.251 e. The van der Waals surface area contributed by atoms with Crippen LogP contribution in [0.15, 0.2) is 24.3 Å². The van der Waals surface area contributed by atoms with E-state index in [1.165, 1.54) is 11.3 Å². The van der Waals surface area contributed by atoms with Gasteiger partial charge >= 0.3 is 0 Å². The second-order valence-corrected chi connectivity index (χ2v) is 6.93. The highest BCUT2D eigenvalue weighted by Gasteiger charge is 2.44. The Kier molecular flexibility index (Phi) is 5.74. The topological polar surface area (TPSA) is 49.9 Å². The Balaban J connectivity index is 1.74. The molecule has 0 saturated carbocycles. The number of carbonyl (C=O) groups is 2. The van der Waals surface area contributed by atoms with Crippen molar-refractivity contribution in [1.29, 1.82) is 0 Å². The van der Waals surface area contributed by atoms with E-state index in [1.54, 1.807) is 12.1 Å². The lowest BCUT2D eigenvalue weighted by atomic mass is 9.97. The summed E-state index contributed by atoms with van der Waals surface area (Å²) in [6.45, 7) is 5.80. The van der Waals surface area contributed by atoms with Crippen molar-refractivity contribution in [3.63, 3.8) is 0 Å². The fraction of sp³-hybridized carbons (Fsp3) is 0.600. The highest BCUT2D eigenvalue weighted by atomic mass is 16.5. The first-order chi connectivity index (χ1) is 12.2. The number of nitrogens with zero attached hydrogens (tertiary/aromatic N) is 2. The van der Waals surface area contributed by atoms with Crippen LogP contribution in [0.25, 0.3) is 0 Å². The summed E-state index contributed by atoms with van der Waals surface area (Å²) in [5.41, 5.74) is 0.645. The molecule has 0 aromatic heterocycles. The van der Waals surface area contributed by atoms with Crippen LogP contribution in [0.1, 0.15) is 52.4 Å². The van der Waals surface area contributed by atoms with Crippen molar-refractivity contribution in [1.82, 2.24) is 4.90 Å². The fourth-order valence-electron chi connectivity index (χ4n) is 3.93. The van der Waals surface area contributed by atoms with E-state index in [0.717, 1.165) is 38.0 Å². The molecule has 5 nitrogen and oxygen atoms in total. The second kappa shape index (κ2) is 8.00. The number of amides is 2. The molecule has 2 heterocycles. The SMILES string of the molecule is CCCOc1ccc(N2C(=O)C[C@H](N3CCCC[C@@H]3CC)C2=O)cc1. The third kappa shape index (κ3) is 3.71. The molecule has 2 atom stereocenters. The molecule has 2 aliphatic heterocycles. The van der Waals surface area contributed by atoms with Gasteiger partial charge in [-0.15, -0.1) is 0 Å². The fourth-order valence-corrected chi connectivity index (χ4v) is 3.93. The van der Waals surface area contributed by atoms with Crippen molar-refractivity contribution in [2.24, 2.45) is 0 Å². The summed E-state index contributed by atoms with van der Waals surface area (Å²) < 4.78 is 5.57. The number of hydrogen-bond donors (Lipinski definition) is 0. The van der Waals surface area contributed by atoms with Crippen LogP contribution in [0.3, 0.4) is 0 Å². The monoisotopic (exact) mass is 344 g/mol. The molecule has 1 aromatic carbocycles. The summed E-state index contributed by atoms with van der Waals surface area (Å²) >= 11 is 0. The number of piperidine rings is 1. The highest BCUT2D eigenvalue weighted by Crippen LogP contribution is 2.31. The van der Waals surface area contributed by atoms with Crippen molar-refractivity contribution in [3.05, 3.63) is 24.3 Å². The third-order valence-corrected chi connectivity index (χ3v) is 5.23. The van der Waals surface area contributed by atoms with Crippen LogP contribution in [0.2, 0.25) is 0 Å². The Morgan fingerprint density at radius 2 is 1.88 bits per heavy atom. The van der Waals surface area contributed by atoms with Crippen molar-refractivity contribution in [2.75, 3.05) is 18.1 Å². The van der Waals surface area contributed by atoms with Crippen LogP contribution in [0, 0.1) is 0 Å². The second-order valence-electron chi connectivity index (χ2n) is 6.93. The molecule has 0 unspecified atom stereocenters. The summed E-state index contributed by atoms with van der Waals surface area (Å²) in [5.74, 6) is 0.591. The standard InChI is InChI=1S/C20H28N2O3/c1-3-13-25-17-10-8-16(9-11-17)22-19(23)14-18(20(22)24)21-12-6-5-7-15(21)4-2/h8-11,15,18H,3-7,12-14H2,1-2H3/t15-,18-/m0/s1. The van der Waals surface area contributed by atoms with Crippen LogP contribution < -0.4 is 9.64 Å². The van der Waals surface area contributed by atoms with Crippen molar-refractivity contribution >= 4 is 17.5 Å². The molecule has 0 N–H and O–H groups in total. The van der Waals surface area contributed by atoms with Crippen LogP contribution in [0.4, 0.5) is 5.69 Å². The molecular formula is C20H28N2O3. The number of carbonyl (C=O) groups excluding carboxylic acids is 2. The van der Waals surface area contributed by atoms with Crippen LogP contribution in [-0.2, 0) is 9.59 Å². The zero-order chi connectivity index (χ0) is 17.8. The van der Waals surface area contributed by atoms with E-state index in [0.29, 0.717) is 24.8 Å². The summed E-state index contributed by atoms with van der Waals surface area (Å²) in [5, 5.41) is 0. The van der Waals surface area contributed by atoms with E-state index in [9.17, 15) is 9.59 Å². The quantitative estimate of drug-likeness (QED) is 0.743. The number of imide groups is 1. The predicted octanol–water partition coefficient (Wildman–Crippen LogP) is 3.37. The maximum Gasteiger partial charge on any atom is 0.251 e. The first-order valence-corrected chi connectivity index (χ1v) is 9.51. The van der Waals surface area contributed by atoms with Gasteiger partial charge in [0.15, 0.2) is 0 Å². The lowest BCUT2D eigenvalue weighted by Gasteiger charge is -2.38. The van der Waals surface area contributed by atoms with Crippen molar-refractivity contribution < 1.29 is 14.3 Å². The van der Waals surface area contributed by atoms with Gasteiger partial charge in [0.05, 0.1) is 24.8 Å². The van der Waals surface area contributed by atoms with Gasteiger partial charge in [-0.3, -0.25) is 14.5 Å². The van der Waals surface area contributed by atoms with Crippen LogP contribution in [-0.4, -0.2) is 41.9 Å². The number of hydrogen-bond acceptors (Lipinski definition) is 4.